The van der Waals surface area contributed by atoms with Crippen molar-refractivity contribution in [2.75, 3.05) is 24.8 Å². The maximum atomic E-state index is 12.5. The molecular formula is C19H24N6O2S. The van der Waals surface area contributed by atoms with Gasteiger partial charge >= 0.3 is 0 Å². The van der Waals surface area contributed by atoms with Gasteiger partial charge in [-0.15, -0.1) is 10.2 Å². The van der Waals surface area contributed by atoms with Gasteiger partial charge in [0.05, 0.1) is 35.1 Å². The van der Waals surface area contributed by atoms with E-state index in [1.165, 1.54) is 17.3 Å². The van der Waals surface area contributed by atoms with Gasteiger partial charge in [0.1, 0.15) is 6.33 Å². The molecule has 0 fully saturated rings. The maximum absolute atomic E-state index is 12.5. The predicted octanol–water partition coefficient (Wildman–Crippen LogP) is 2.77. The monoisotopic (exact) mass is 400 g/mol. The van der Waals surface area contributed by atoms with E-state index in [4.69, 9.17) is 4.74 Å². The number of carbonyl (C=O) groups is 1. The largest absolute Gasteiger partial charge is 0.383 e. The number of nitrogens with one attached hydrogen (secondary N) is 1. The molecule has 2 aromatic heterocycles. The van der Waals surface area contributed by atoms with Crippen LogP contribution in [-0.4, -0.2) is 49.9 Å². The van der Waals surface area contributed by atoms with Gasteiger partial charge in [-0.05, 0) is 32.9 Å². The Morgan fingerprint density at radius 2 is 1.96 bits per heavy atom. The Bertz CT molecular complexity index is 948. The molecule has 148 valence electrons. The quantitative estimate of drug-likeness (QED) is 0.585. The van der Waals surface area contributed by atoms with Crippen LogP contribution in [0.4, 0.5) is 5.69 Å². The molecule has 0 unspecified atom stereocenters. The van der Waals surface area contributed by atoms with Crippen LogP contribution in [0.2, 0.25) is 0 Å². The smallest absolute Gasteiger partial charge is 0.234 e. The van der Waals surface area contributed by atoms with Gasteiger partial charge in [-0.25, -0.2) is 4.68 Å². The highest BCUT2D eigenvalue weighted by molar-refractivity contribution is 7.99. The van der Waals surface area contributed by atoms with Gasteiger partial charge in [0.2, 0.25) is 5.91 Å². The summed E-state index contributed by atoms with van der Waals surface area (Å²) in [7, 11) is 1.64. The molecule has 9 heteroatoms. The van der Waals surface area contributed by atoms with E-state index in [1.54, 1.807) is 13.4 Å². The highest BCUT2D eigenvalue weighted by atomic mass is 32.2. The zero-order valence-electron chi connectivity index (χ0n) is 16.5. The molecule has 0 saturated carbocycles. The summed E-state index contributed by atoms with van der Waals surface area (Å²) < 4.78 is 8.79. The predicted molar refractivity (Wildman–Crippen MR) is 109 cm³/mol. The van der Waals surface area contributed by atoms with Crippen LogP contribution < -0.4 is 5.32 Å². The summed E-state index contributed by atoms with van der Waals surface area (Å²) in [6.07, 6.45) is 1.64. The third-order valence-corrected chi connectivity index (χ3v) is 5.26. The normalized spacial score (nSPS) is 11.0. The Morgan fingerprint density at radius 1 is 1.21 bits per heavy atom. The first kappa shape index (κ1) is 20.1. The number of anilines is 1. The summed E-state index contributed by atoms with van der Waals surface area (Å²) in [5.41, 5.74) is 4.57. The summed E-state index contributed by atoms with van der Waals surface area (Å²) >= 11 is 1.34. The topological polar surface area (TPSA) is 86.9 Å². The number of nitrogens with zero attached hydrogens (tertiary/aromatic N) is 5. The number of benzene rings is 1. The summed E-state index contributed by atoms with van der Waals surface area (Å²) in [4.78, 5) is 12.5. The lowest BCUT2D eigenvalue weighted by molar-refractivity contribution is -0.113. The number of carbonyl (C=O) groups excluding carboxylic acids is 1. The van der Waals surface area contributed by atoms with Crippen LogP contribution in [0.1, 0.15) is 17.0 Å². The molecule has 1 N–H and O–H groups in total. The fourth-order valence-electron chi connectivity index (χ4n) is 2.77. The molecule has 0 aliphatic heterocycles. The lowest BCUT2D eigenvalue weighted by Crippen LogP contribution is -2.16. The average molecular weight is 401 g/mol. The molecule has 0 saturated heterocycles. The Morgan fingerprint density at radius 3 is 2.68 bits per heavy atom. The van der Waals surface area contributed by atoms with Crippen molar-refractivity contribution in [3.05, 3.63) is 47.5 Å². The van der Waals surface area contributed by atoms with Crippen molar-refractivity contribution in [1.29, 1.82) is 0 Å². The van der Waals surface area contributed by atoms with E-state index in [9.17, 15) is 4.79 Å². The van der Waals surface area contributed by atoms with Crippen molar-refractivity contribution in [2.45, 2.75) is 32.5 Å². The van der Waals surface area contributed by atoms with Crippen molar-refractivity contribution < 1.29 is 9.53 Å². The van der Waals surface area contributed by atoms with Gasteiger partial charge in [0.15, 0.2) is 5.16 Å². The second-order valence-electron chi connectivity index (χ2n) is 6.43. The van der Waals surface area contributed by atoms with Crippen LogP contribution in [0.5, 0.6) is 0 Å². The van der Waals surface area contributed by atoms with Gasteiger partial charge in [0.25, 0.3) is 0 Å². The van der Waals surface area contributed by atoms with E-state index in [2.05, 4.69) is 20.6 Å². The SMILES string of the molecule is COCCn1cnnc1SCC(=O)Nc1c(C)nn(-c2ccc(C)cc2)c1C. The van der Waals surface area contributed by atoms with Gasteiger partial charge in [0, 0.05) is 13.7 Å². The van der Waals surface area contributed by atoms with E-state index >= 15 is 0 Å². The maximum Gasteiger partial charge on any atom is 0.234 e. The molecule has 0 spiro atoms. The molecule has 28 heavy (non-hydrogen) atoms. The molecule has 0 atom stereocenters. The number of thioether (sulfide) groups is 1. The highest BCUT2D eigenvalue weighted by Gasteiger charge is 2.16. The number of rotatable bonds is 8. The third-order valence-electron chi connectivity index (χ3n) is 4.28. The van der Waals surface area contributed by atoms with E-state index < -0.39 is 0 Å². The van der Waals surface area contributed by atoms with Gasteiger partial charge in [-0.3, -0.25) is 4.79 Å². The number of ether oxygens (including phenoxy) is 1. The zero-order chi connectivity index (χ0) is 20.1. The molecule has 8 nitrogen and oxygen atoms in total. The van der Waals surface area contributed by atoms with Crippen LogP contribution >= 0.6 is 11.8 Å². The van der Waals surface area contributed by atoms with Crippen LogP contribution in [-0.2, 0) is 16.1 Å². The van der Waals surface area contributed by atoms with Crippen molar-refractivity contribution in [1.82, 2.24) is 24.5 Å². The number of amides is 1. The summed E-state index contributed by atoms with van der Waals surface area (Å²) in [6.45, 7) is 7.10. The standard InChI is InChI=1S/C19H24N6O2S/c1-13-5-7-16(8-6-13)25-15(3)18(14(2)23-25)21-17(26)11-28-19-22-20-12-24(19)9-10-27-4/h5-8,12H,9-11H2,1-4H3,(H,21,26). The first-order valence-electron chi connectivity index (χ1n) is 8.92. The van der Waals surface area contributed by atoms with Crippen molar-refractivity contribution in [3.8, 4) is 5.69 Å². The van der Waals surface area contributed by atoms with Gasteiger partial charge < -0.3 is 14.6 Å². The molecule has 0 aliphatic rings. The third kappa shape index (κ3) is 4.60. The second-order valence-corrected chi connectivity index (χ2v) is 7.37. The van der Waals surface area contributed by atoms with Crippen molar-refractivity contribution >= 4 is 23.4 Å². The first-order valence-corrected chi connectivity index (χ1v) is 9.91. The lowest BCUT2D eigenvalue weighted by atomic mass is 10.2. The molecule has 3 rings (SSSR count). The Hall–Kier alpha value is -2.65. The Balaban J connectivity index is 1.66. The fourth-order valence-corrected chi connectivity index (χ4v) is 3.51. The zero-order valence-corrected chi connectivity index (χ0v) is 17.3. The fraction of sp³-hybridized carbons (Fsp3) is 0.368. The molecule has 1 amide bonds. The van der Waals surface area contributed by atoms with E-state index in [0.717, 1.165) is 22.8 Å². The van der Waals surface area contributed by atoms with Crippen LogP contribution in [0.15, 0.2) is 35.7 Å². The van der Waals surface area contributed by atoms with Crippen LogP contribution in [0.25, 0.3) is 5.69 Å². The minimum atomic E-state index is -0.110. The Kier molecular flexibility index (Phi) is 6.48. The Labute approximate surface area is 168 Å². The number of hydrogen-bond acceptors (Lipinski definition) is 6. The van der Waals surface area contributed by atoms with Crippen LogP contribution in [0, 0.1) is 20.8 Å². The number of aromatic nitrogens is 5. The number of hydrogen-bond donors (Lipinski definition) is 1. The molecule has 3 aromatic rings. The number of methoxy groups -OCH3 is 1. The molecule has 2 heterocycles. The summed E-state index contributed by atoms with van der Waals surface area (Å²) in [6, 6.07) is 8.12. The molecule has 0 radical (unpaired) electrons. The van der Waals surface area contributed by atoms with Crippen LogP contribution in [0.3, 0.4) is 0 Å². The van der Waals surface area contributed by atoms with Crippen molar-refractivity contribution in [2.24, 2.45) is 0 Å². The first-order chi connectivity index (χ1) is 13.5. The van der Waals surface area contributed by atoms with Crippen molar-refractivity contribution in [3.63, 3.8) is 0 Å². The average Bonchev–Trinajstić information content (AvgIpc) is 3.24. The summed E-state index contributed by atoms with van der Waals surface area (Å²) in [5, 5.41) is 16.2. The van der Waals surface area contributed by atoms with E-state index in [-0.39, 0.29) is 11.7 Å². The van der Waals surface area contributed by atoms with E-state index in [0.29, 0.717) is 18.3 Å². The second kappa shape index (κ2) is 9.03. The van der Waals surface area contributed by atoms with Gasteiger partial charge in [-0.1, -0.05) is 29.5 Å². The minimum absolute atomic E-state index is 0.110. The van der Waals surface area contributed by atoms with E-state index in [1.807, 2.05) is 54.3 Å². The highest BCUT2D eigenvalue weighted by Crippen LogP contribution is 2.24. The lowest BCUT2D eigenvalue weighted by Gasteiger charge is -2.08. The molecule has 0 bridgehead atoms. The van der Waals surface area contributed by atoms with Gasteiger partial charge in [-0.2, -0.15) is 5.10 Å². The summed E-state index contributed by atoms with van der Waals surface area (Å²) in [5.74, 6) is 0.126. The molecule has 0 aliphatic carbocycles. The number of aryl methyl sites for hydroxylation is 2. The molecule has 1 aromatic carbocycles. The minimum Gasteiger partial charge on any atom is -0.383 e. The molecular weight excluding hydrogens is 376 g/mol.